The first-order valence-corrected chi connectivity index (χ1v) is 10.2. The number of hydrogen-bond acceptors (Lipinski definition) is 3. The molecule has 0 fully saturated rings. The van der Waals surface area contributed by atoms with Crippen LogP contribution in [0.25, 0.3) is 0 Å². The van der Waals surface area contributed by atoms with Crippen LogP contribution in [0.3, 0.4) is 0 Å². The van der Waals surface area contributed by atoms with Gasteiger partial charge in [-0.2, -0.15) is 0 Å². The first kappa shape index (κ1) is 20.0. The minimum atomic E-state index is -0.383. The lowest BCUT2D eigenvalue weighted by Gasteiger charge is -2.26. The summed E-state index contributed by atoms with van der Waals surface area (Å²) in [4.78, 5) is 13.2. The van der Waals surface area contributed by atoms with Crippen LogP contribution in [0.15, 0.2) is 72.8 Å². The van der Waals surface area contributed by atoms with Crippen molar-refractivity contribution in [2.45, 2.75) is 26.0 Å². The van der Waals surface area contributed by atoms with Crippen LogP contribution in [0.2, 0.25) is 0 Å². The predicted molar refractivity (Wildman–Crippen MR) is 117 cm³/mol. The quantitative estimate of drug-likeness (QED) is 0.663. The number of hydrogen-bond donors (Lipinski definition) is 2. The third-order valence-corrected chi connectivity index (χ3v) is 5.29. The van der Waals surface area contributed by atoms with Crippen molar-refractivity contribution in [3.8, 4) is 11.5 Å². The minimum Gasteiger partial charge on any atom is -0.486 e. The summed E-state index contributed by atoms with van der Waals surface area (Å²) in [6.45, 7) is 5.09. The normalized spacial score (nSPS) is 16.0. The van der Waals surface area contributed by atoms with Crippen molar-refractivity contribution in [3.63, 3.8) is 0 Å². The largest absolute Gasteiger partial charge is 0.486 e. The number of ether oxygens (including phenoxy) is 2. The van der Waals surface area contributed by atoms with Crippen LogP contribution in [0.5, 0.6) is 11.5 Å². The highest BCUT2D eigenvalue weighted by atomic mass is 16.6. The molecule has 4 rings (SSSR count). The molecule has 3 N–H and O–H groups in total. The van der Waals surface area contributed by atoms with E-state index in [1.54, 1.807) is 0 Å². The van der Waals surface area contributed by atoms with Gasteiger partial charge in [-0.3, -0.25) is 4.79 Å². The fourth-order valence-corrected chi connectivity index (χ4v) is 3.60. The number of para-hydroxylation sites is 2. The number of rotatable bonds is 6. The first-order valence-electron chi connectivity index (χ1n) is 10.2. The Morgan fingerprint density at radius 1 is 1.03 bits per heavy atom. The number of nitrogens with one attached hydrogen (secondary N) is 1. The number of nitrogens with two attached hydrogens (primary N) is 1. The Balaban J connectivity index is 1.48. The number of aryl methyl sites for hydroxylation is 2. The lowest BCUT2D eigenvalue weighted by atomic mass is 10.0. The molecule has 5 nitrogen and oxygen atoms in total. The van der Waals surface area contributed by atoms with Gasteiger partial charge in [-0.25, -0.2) is 0 Å². The zero-order chi connectivity index (χ0) is 20.9. The van der Waals surface area contributed by atoms with Gasteiger partial charge in [0.05, 0.1) is 0 Å². The van der Waals surface area contributed by atoms with Crippen molar-refractivity contribution < 1.29 is 19.6 Å². The first-order chi connectivity index (χ1) is 14.6. The molecule has 0 saturated heterocycles. The van der Waals surface area contributed by atoms with E-state index in [1.807, 2.05) is 92.0 Å². The van der Waals surface area contributed by atoms with E-state index in [1.165, 1.54) is 0 Å². The van der Waals surface area contributed by atoms with Crippen molar-refractivity contribution in [1.29, 1.82) is 0 Å². The second-order valence-electron chi connectivity index (χ2n) is 7.66. The number of fused-ring (bicyclic) bond motifs is 1. The van der Waals surface area contributed by atoms with E-state index in [-0.39, 0.29) is 18.1 Å². The Hall–Kier alpha value is -3.31. The van der Waals surface area contributed by atoms with Gasteiger partial charge < -0.3 is 20.1 Å². The molecule has 0 unspecified atom stereocenters. The average molecular weight is 404 g/mol. The van der Waals surface area contributed by atoms with Gasteiger partial charge in [-0.05, 0) is 43.2 Å². The number of amides is 1. The molecule has 2 atom stereocenters. The topological polar surface area (TPSA) is 64.2 Å². The fraction of sp³-hybridized carbons (Fsp3) is 0.240. The molecule has 5 heteroatoms. The van der Waals surface area contributed by atoms with Crippen LogP contribution >= 0.6 is 0 Å². The van der Waals surface area contributed by atoms with Gasteiger partial charge in [0.25, 0.3) is 5.91 Å². The number of carbonyl (C=O) groups excluding carboxylic acids is 1. The number of quaternary nitrogens is 1. The molecule has 0 bridgehead atoms. The fourth-order valence-electron chi connectivity index (χ4n) is 3.60. The molecule has 30 heavy (non-hydrogen) atoms. The van der Waals surface area contributed by atoms with Gasteiger partial charge in [0.1, 0.15) is 13.2 Å². The molecule has 1 aliphatic heterocycles. The predicted octanol–water partition coefficient (Wildman–Crippen LogP) is 3.39. The summed E-state index contributed by atoms with van der Waals surface area (Å²) in [5.74, 6) is 1.46. The van der Waals surface area contributed by atoms with Crippen LogP contribution in [-0.4, -0.2) is 25.2 Å². The number of carbonyl (C=O) groups is 1. The summed E-state index contributed by atoms with van der Waals surface area (Å²) >= 11 is 0. The molecule has 0 spiro atoms. The smallest absolute Gasteiger partial charge is 0.287 e. The highest BCUT2D eigenvalue weighted by Crippen LogP contribution is 2.30. The van der Waals surface area contributed by atoms with Gasteiger partial charge in [0.2, 0.25) is 0 Å². The van der Waals surface area contributed by atoms with Gasteiger partial charge in [0, 0.05) is 11.3 Å². The maximum absolute atomic E-state index is 13.2. The van der Waals surface area contributed by atoms with Gasteiger partial charge in [-0.1, -0.05) is 54.6 Å². The van der Waals surface area contributed by atoms with E-state index < -0.39 is 0 Å². The zero-order valence-electron chi connectivity index (χ0n) is 17.3. The Morgan fingerprint density at radius 3 is 2.57 bits per heavy atom. The molecule has 3 aromatic rings. The summed E-state index contributed by atoms with van der Waals surface area (Å²) < 4.78 is 11.9. The van der Waals surface area contributed by atoms with E-state index in [9.17, 15) is 4.79 Å². The third-order valence-electron chi connectivity index (χ3n) is 5.29. The molecular formula is C25H27N2O3+. The molecule has 3 aromatic carbocycles. The number of benzene rings is 3. The molecule has 0 radical (unpaired) electrons. The Labute approximate surface area is 177 Å². The SMILES string of the molecule is Cc1ccc(C)c(NC(=O)[C@H]([NH2+]C[C@@H]2COc3ccccc3O2)c2ccccc2)c1. The molecule has 1 amide bonds. The summed E-state index contributed by atoms with van der Waals surface area (Å²) in [6.07, 6.45) is -0.125. The molecule has 1 heterocycles. The van der Waals surface area contributed by atoms with Crippen LogP contribution in [-0.2, 0) is 4.79 Å². The summed E-state index contributed by atoms with van der Waals surface area (Å²) in [6, 6.07) is 23.2. The molecule has 0 aliphatic carbocycles. The van der Waals surface area contributed by atoms with E-state index in [4.69, 9.17) is 9.47 Å². The summed E-state index contributed by atoms with van der Waals surface area (Å²) in [5, 5.41) is 5.14. The van der Waals surface area contributed by atoms with Crippen molar-refractivity contribution in [2.24, 2.45) is 0 Å². The van der Waals surface area contributed by atoms with Crippen LogP contribution in [0.1, 0.15) is 22.7 Å². The second-order valence-corrected chi connectivity index (χ2v) is 7.66. The van der Waals surface area contributed by atoms with Crippen LogP contribution in [0.4, 0.5) is 5.69 Å². The lowest BCUT2D eigenvalue weighted by Crippen LogP contribution is -2.89. The molecule has 1 aliphatic rings. The number of anilines is 1. The standard InChI is InChI=1S/C25H26N2O3/c1-17-12-13-18(2)21(14-17)27-25(28)24(19-8-4-3-5-9-19)26-15-20-16-29-22-10-6-7-11-23(22)30-20/h3-14,20,24,26H,15-16H2,1-2H3,(H,27,28)/p+1/t20-,24-/m1/s1. The van der Waals surface area contributed by atoms with E-state index >= 15 is 0 Å². The van der Waals surface area contributed by atoms with E-state index in [0.717, 1.165) is 33.9 Å². The highest BCUT2D eigenvalue weighted by Gasteiger charge is 2.28. The maximum atomic E-state index is 13.2. The van der Waals surface area contributed by atoms with Crippen LogP contribution in [0, 0.1) is 13.8 Å². The van der Waals surface area contributed by atoms with Crippen molar-refractivity contribution in [2.75, 3.05) is 18.5 Å². The summed E-state index contributed by atoms with van der Waals surface area (Å²) in [5.41, 5.74) is 3.96. The van der Waals surface area contributed by atoms with E-state index in [2.05, 4.69) is 5.32 Å². The second kappa shape index (κ2) is 9.01. The van der Waals surface area contributed by atoms with Gasteiger partial charge >= 0.3 is 0 Å². The van der Waals surface area contributed by atoms with Crippen LogP contribution < -0.4 is 20.1 Å². The van der Waals surface area contributed by atoms with Gasteiger partial charge in [0.15, 0.2) is 23.6 Å². The lowest BCUT2D eigenvalue weighted by molar-refractivity contribution is -0.687. The van der Waals surface area contributed by atoms with Gasteiger partial charge in [-0.15, -0.1) is 0 Å². The highest BCUT2D eigenvalue weighted by molar-refractivity contribution is 5.95. The molecule has 154 valence electrons. The Bertz CT molecular complexity index is 1020. The third kappa shape index (κ3) is 4.63. The Kier molecular flexibility index (Phi) is 6.00. The molecular weight excluding hydrogens is 376 g/mol. The summed E-state index contributed by atoms with van der Waals surface area (Å²) in [7, 11) is 0. The maximum Gasteiger partial charge on any atom is 0.287 e. The van der Waals surface area contributed by atoms with Crippen molar-refractivity contribution in [3.05, 3.63) is 89.5 Å². The molecule has 0 saturated carbocycles. The minimum absolute atomic E-state index is 0.0490. The van der Waals surface area contributed by atoms with Crippen molar-refractivity contribution >= 4 is 11.6 Å². The molecule has 0 aromatic heterocycles. The monoisotopic (exact) mass is 403 g/mol. The van der Waals surface area contributed by atoms with Crippen molar-refractivity contribution in [1.82, 2.24) is 0 Å². The zero-order valence-corrected chi connectivity index (χ0v) is 17.3. The Morgan fingerprint density at radius 2 is 1.77 bits per heavy atom. The average Bonchev–Trinajstić information content (AvgIpc) is 2.77. The van der Waals surface area contributed by atoms with E-state index in [0.29, 0.717) is 13.2 Å².